The number of hydrogen-bond donors (Lipinski definition) is 2. The molecule has 0 spiro atoms. The lowest BCUT2D eigenvalue weighted by Crippen LogP contribution is -2.55. The highest BCUT2D eigenvalue weighted by Gasteiger charge is 2.37. The molecule has 284 valence electrons. The number of carbonyl (C=O) groups excluding carboxylic acids is 4. The van der Waals surface area contributed by atoms with Crippen LogP contribution < -0.4 is 29.7 Å². The predicted octanol–water partition coefficient (Wildman–Crippen LogP) is 5.29. The van der Waals surface area contributed by atoms with E-state index in [0.717, 1.165) is 17.3 Å². The number of benzene rings is 3. The van der Waals surface area contributed by atoms with Crippen molar-refractivity contribution in [3.05, 3.63) is 77.9 Å². The lowest BCUT2D eigenvalue weighted by Gasteiger charge is -2.35. The number of piperazine rings is 1. The van der Waals surface area contributed by atoms with Crippen molar-refractivity contribution < 1.29 is 33.4 Å². The van der Waals surface area contributed by atoms with Crippen LogP contribution in [-0.2, 0) is 14.4 Å². The zero-order valence-electron chi connectivity index (χ0n) is 31.2. The molecule has 2 fully saturated rings. The molecule has 1 aromatic heterocycles. The molecule has 2 amide bonds. The predicted molar refractivity (Wildman–Crippen MR) is 209 cm³/mol. The number of likely N-dealkylation sites (tertiary alicyclic amines) is 1. The van der Waals surface area contributed by atoms with Gasteiger partial charge in [-0.25, -0.2) is 4.98 Å². The van der Waals surface area contributed by atoms with Crippen LogP contribution >= 0.6 is 11.8 Å². The Balaban J connectivity index is 1.28. The summed E-state index contributed by atoms with van der Waals surface area (Å²) in [7, 11) is 3.05. The van der Waals surface area contributed by atoms with Crippen molar-refractivity contribution in [3.8, 4) is 17.2 Å². The summed E-state index contributed by atoms with van der Waals surface area (Å²) >= 11 is 1.10. The zero-order chi connectivity index (χ0) is 38.4. The van der Waals surface area contributed by atoms with Crippen LogP contribution in [-0.4, -0.2) is 95.8 Å². The normalized spacial score (nSPS) is 18.2. The number of aromatic nitrogens is 2. The van der Waals surface area contributed by atoms with Crippen molar-refractivity contribution in [3.63, 3.8) is 0 Å². The maximum Gasteiger partial charge on any atom is 0.248 e. The highest BCUT2D eigenvalue weighted by molar-refractivity contribution is 8.13. The van der Waals surface area contributed by atoms with E-state index < -0.39 is 18.0 Å². The highest BCUT2D eigenvalue weighted by Crippen LogP contribution is 2.36. The number of anilines is 2. The molecule has 2 saturated heterocycles. The molecule has 2 N–H and O–H groups in total. The molecule has 0 saturated carbocycles. The number of nitrogens with one attached hydrogen (secondary N) is 2. The average molecular weight is 755 g/mol. The minimum Gasteiger partial charge on any atom is -0.493 e. The van der Waals surface area contributed by atoms with Gasteiger partial charge in [0.25, 0.3) is 0 Å². The standard InChI is InChI=1S/C40H46N6O7S/c1-24(23-54-26(3)47)39(50)45-18-9-12-32(45)38(49)43-37-30-20-34(51-4)35(52-5)21-31(30)42-40(44-37)46-19-17-41-22-33(46)36(48)28-13-15-29(16-14-28)53-25(2)27-10-7-6-8-11-27/h6-8,10-11,13-16,20-21,24-25,32-33,41H,9,12,17-19,22-23H2,1-5H3,(H,42,43,44,49). The summed E-state index contributed by atoms with van der Waals surface area (Å²) in [6.07, 6.45) is 0.989. The Hall–Kier alpha value is -5.21. The summed E-state index contributed by atoms with van der Waals surface area (Å²) in [6.45, 7) is 7.04. The largest absolute Gasteiger partial charge is 0.493 e. The van der Waals surface area contributed by atoms with E-state index in [1.807, 2.05) is 42.2 Å². The molecule has 3 heterocycles. The Morgan fingerprint density at radius 2 is 1.67 bits per heavy atom. The molecule has 14 heteroatoms. The number of carbonyl (C=O) groups is 4. The molecule has 13 nitrogen and oxygen atoms in total. The highest BCUT2D eigenvalue weighted by atomic mass is 32.2. The molecule has 0 aliphatic carbocycles. The summed E-state index contributed by atoms with van der Waals surface area (Å²) in [6, 6.07) is 19.1. The number of rotatable bonds is 13. The Bertz CT molecular complexity index is 2000. The van der Waals surface area contributed by atoms with E-state index in [1.54, 1.807) is 48.2 Å². The van der Waals surface area contributed by atoms with Gasteiger partial charge < -0.3 is 34.6 Å². The van der Waals surface area contributed by atoms with Crippen LogP contribution in [0.1, 0.15) is 55.6 Å². The van der Waals surface area contributed by atoms with E-state index in [4.69, 9.17) is 24.2 Å². The first-order chi connectivity index (χ1) is 26.1. The van der Waals surface area contributed by atoms with Gasteiger partial charge in [0.2, 0.25) is 17.8 Å². The molecule has 2 aliphatic rings. The van der Waals surface area contributed by atoms with Crippen molar-refractivity contribution in [1.29, 1.82) is 0 Å². The molecule has 6 rings (SSSR count). The third kappa shape index (κ3) is 8.60. The first-order valence-corrected chi connectivity index (χ1v) is 19.1. The van der Waals surface area contributed by atoms with Gasteiger partial charge in [-0.3, -0.25) is 19.2 Å². The molecule has 0 radical (unpaired) electrons. The molecule has 2 aliphatic heterocycles. The third-order valence-corrected chi connectivity index (χ3v) is 10.8. The fraction of sp³-hybridized carbons (Fsp3) is 0.400. The first kappa shape index (κ1) is 38.5. The summed E-state index contributed by atoms with van der Waals surface area (Å²) < 4.78 is 17.3. The molecule has 0 bridgehead atoms. The van der Waals surface area contributed by atoms with E-state index in [9.17, 15) is 19.2 Å². The number of thioether (sulfide) groups is 1. The van der Waals surface area contributed by atoms with Crippen LogP contribution in [0.25, 0.3) is 10.9 Å². The van der Waals surface area contributed by atoms with E-state index in [0.29, 0.717) is 78.5 Å². The summed E-state index contributed by atoms with van der Waals surface area (Å²) in [4.78, 5) is 66.2. The second-order valence-electron chi connectivity index (χ2n) is 13.5. The Morgan fingerprint density at radius 3 is 2.37 bits per heavy atom. The Labute approximate surface area is 319 Å². The van der Waals surface area contributed by atoms with E-state index in [2.05, 4.69) is 10.6 Å². The monoisotopic (exact) mass is 754 g/mol. The molecule has 4 aromatic rings. The van der Waals surface area contributed by atoms with Crippen molar-refractivity contribution >= 4 is 57.1 Å². The van der Waals surface area contributed by atoms with Gasteiger partial charge in [0.05, 0.1) is 19.7 Å². The lowest BCUT2D eigenvalue weighted by atomic mass is 10.0. The lowest BCUT2D eigenvalue weighted by molar-refractivity contribution is -0.139. The van der Waals surface area contributed by atoms with Crippen LogP contribution in [0.5, 0.6) is 17.2 Å². The number of nitrogens with zero attached hydrogens (tertiary/aromatic N) is 4. The van der Waals surface area contributed by atoms with Gasteiger partial charge in [0.15, 0.2) is 22.4 Å². The van der Waals surface area contributed by atoms with Crippen LogP contribution in [0.2, 0.25) is 0 Å². The second kappa shape index (κ2) is 17.3. The van der Waals surface area contributed by atoms with Crippen LogP contribution in [0.4, 0.5) is 11.8 Å². The SMILES string of the molecule is COc1cc2nc(N3CCNCC3C(=O)c3ccc(OC(C)c4ccccc4)cc3)nc(NC(=O)C3CCCN3C(=O)C(C)CSC(C)=O)c2cc1OC. The Morgan fingerprint density at radius 1 is 0.944 bits per heavy atom. The summed E-state index contributed by atoms with van der Waals surface area (Å²) in [5.41, 5.74) is 2.03. The minimum atomic E-state index is -0.716. The second-order valence-corrected chi connectivity index (χ2v) is 14.6. The van der Waals surface area contributed by atoms with Crippen LogP contribution in [0, 0.1) is 5.92 Å². The number of Topliss-reactive ketones (excluding diaryl/α,β-unsaturated/α-hetero) is 1. The van der Waals surface area contributed by atoms with E-state index in [1.165, 1.54) is 21.1 Å². The van der Waals surface area contributed by atoms with Gasteiger partial charge in [0.1, 0.15) is 29.8 Å². The van der Waals surface area contributed by atoms with Crippen molar-refractivity contribution in [1.82, 2.24) is 20.2 Å². The van der Waals surface area contributed by atoms with Gasteiger partial charge in [0, 0.05) is 61.8 Å². The molecule has 3 aromatic carbocycles. The van der Waals surface area contributed by atoms with E-state index >= 15 is 0 Å². The van der Waals surface area contributed by atoms with Gasteiger partial charge in [-0.05, 0) is 55.7 Å². The summed E-state index contributed by atoms with van der Waals surface area (Å²) in [5.74, 6) is 1.23. The van der Waals surface area contributed by atoms with Crippen molar-refractivity contribution in [2.45, 2.75) is 51.8 Å². The third-order valence-electron chi connectivity index (χ3n) is 9.75. The fourth-order valence-corrected chi connectivity index (χ4v) is 7.46. The van der Waals surface area contributed by atoms with Crippen LogP contribution in [0.15, 0.2) is 66.7 Å². The maximum absolute atomic E-state index is 14.1. The van der Waals surface area contributed by atoms with Crippen molar-refractivity contribution in [2.24, 2.45) is 5.92 Å². The van der Waals surface area contributed by atoms with Gasteiger partial charge in [-0.2, -0.15) is 4.98 Å². The van der Waals surface area contributed by atoms with Gasteiger partial charge in [-0.15, -0.1) is 0 Å². The quantitative estimate of drug-likeness (QED) is 0.171. The number of fused-ring (bicyclic) bond motifs is 1. The molecular weight excluding hydrogens is 709 g/mol. The smallest absolute Gasteiger partial charge is 0.248 e. The zero-order valence-corrected chi connectivity index (χ0v) is 32.0. The van der Waals surface area contributed by atoms with Crippen LogP contribution in [0.3, 0.4) is 0 Å². The molecular formula is C40H46N6O7S. The number of methoxy groups -OCH3 is 2. The number of hydrogen-bond acceptors (Lipinski definition) is 12. The van der Waals surface area contributed by atoms with Crippen molar-refractivity contribution in [2.75, 3.05) is 56.4 Å². The minimum absolute atomic E-state index is 0.0611. The molecule has 4 atom stereocenters. The number of ketones is 1. The fourth-order valence-electron chi connectivity index (χ4n) is 6.83. The van der Waals surface area contributed by atoms with Gasteiger partial charge in [-0.1, -0.05) is 49.0 Å². The molecule has 54 heavy (non-hydrogen) atoms. The van der Waals surface area contributed by atoms with E-state index in [-0.39, 0.29) is 40.6 Å². The number of ether oxygens (including phenoxy) is 3. The summed E-state index contributed by atoms with van der Waals surface area (Å²) in [5, 5.41) is 6.77. The molecule has 4 unspecified atom stereocenters. The topological polar surface area (TPSA) is 152 Å². The average Bonchev–Trinajstić information content (AvgIpc) is 3.70. The first-order valence-electron chi connectivity index (χ1n) is 18.1. The maximum atomic E-state index is 14.1. The Kier molecular flexibility index (Phi) is 12.3. The van der Waals surface area contributed by atoms with Gasteiger partial charge >= 0.3 is 0 Å². The number of amides is 2.